The molecule has 1 aromatic carbocycles. The highest BCUT2D eigenvalue weighted by Gasteiger charge is 2.61. The average Bonchev–Trinajstić information content (AvgIpc) is 3.25. The van der Waals surface area contributed by atoms with Crippen molar-refractivity contribution in [3.8, 4) is 0 Å². The molecule has 4 rings (SSSR count). The zero-order valence-corrected chi connectivity index (χ0v) is 14.6. The Morgan fingerprint density at radius 2 is 1.96 bits per heavy atom. The molecule has 0 spiro atoms. The van der Waals surface area contributed by atoms with Crippen LogP contribution in [-0.2, 0) is 4.79 Å². The summed E-state index contributed by atoms with van der Waals surface area (Å²) in [5, 5.41) is 0. The number of carbonyl (C=O) groups excluding carboxylic acids is 1. The quantitative estimate of drug-likeness (QED) is 0.731. The third-order valence-electron chi connectivity index (χ3n) is 7.12. The van der Waals surface area contributed by atoms with Gasteiger partial charge in [-0.3, -0.25) is 4.79 Å². The number of hydrogen-bond donors (Lipinski definition) is 0. The van der Waals surface area contributed by atoms with Gasteiger partial charge in [0.25, 0.3) is 0 Å². The number of benzene rings is 1. The minimum atomic E-state index is -0.314. The Morgan fingerprint density at radius 1 is 1.25 bits per heavy atom. The Labute approximate surface area is 143 Å². The molecule has 2 bridgehead atoms. The van der Waals surface area contributed by atoms with Crippen molar-refractivity contribution in [1.29, 1.82) is 0 Å². The second-order valence-corrected chi connectivity index (χ2v) is 8.51. The zero-order chi connectivity index (χ0) is 17.1. The van der Waals surface area contributed by atoms with Gasteiger partial charge in [0.05, 0.1) is 5.41 Å². The van der Waals surface area contributed by atoms with Crippen LogP contribution in [0, 0.1) is 22.6 Å². The molecule has 2 saturated carbocycles. The Balaban J connectivity index is 1.52. The van der Waals surface area contributed by atoms with E-state index >= 15 is 0 Å². The topological polar surface area (TPSA) is 20.3 Å². The summed E-state index contributed by atoms with van der Waals surface area (Å²) < 4.78 is 13.1. The maximum atomic E-state index is 13.4. The number of carbonyl (C=O) groups is 1. The fourth-order valence-electron chi connectivity index (χ4n) is 5.38. The summed E-state index contributed by atoms with van der Waals surface area (Å²) in [6, 6.07) is 6.74. The molecule has 24 heavy (non-hydrogen) atoms. The lowest BCUT2D eigenvalue weighted by Crippen LogP contribution is -2.43. The van der Waals surface area contributed by atoms with Gasteiger partial charge < -0.3 is 4.90 Å². The fourth-order valence-corrected chi connectivity index (χ4v) is 5.38. The molecule has 1 aromatic rings. The van der Waals surface area contributed by atoms with Gasteiger partial charge in [0, 0.05) is 19.0 Å². The van der Waals surface area contributed by atoms with Gasteiger partial charge in [-0.05, 0) is 54.7 Å². The van der Waals surface area contributed by atoms with Crippen molar-refractivity contribution >= 4 is 5.91 Å². The number of hydrogen-bond acceptors (Lipinski definition) is 1. The smallest absolute Gasteiger partial charge is 0.232 e. The molecule has 1 amide bonds. The summed E-state index contributed by atoms with van der Waals surface area (Å²) in [4.78, 5) is 15.4. The minimum absolute atomic E-state index is 0.0873. The number of likely N-dealkylation sites (tertiary alicyclic amines) is 1. The summed E-state index contributed by atoms with van der Waals surface area (Å²) in [7, 11) is 0. The van der Waals surface area contributed by atoms with E-state index in [1.54, 1.807) is 0 Å². The van der Waals surface area contributed by atoms with Gasteiger partial charge in [0.2, 0.25) is 5.91 Å². The standard InChI is InChI=1S/C21H26FNO/c1-14-20(2,3)17-8-10-21(14,12-17)19(24)23-11-9-16(13-23)15-4-6-18(22)7-5-15/h4-7,16-17H,1,8-13H2,2-3H3/t16-,17+,21-/m1/s1. The molecule has 1 heterocycles. The molecule has 0 N–H and O–H groups in total. The molecule has 3 fully saturated rings. The number of nitrogens with zero attached hydrogens (tertiary/aromatic N) is 1. The van der Waals surface area contributed by atoms with E-state index in [-0.39, 0.29) is 16.6 Å². The van der Waals surface area contributed by atoms with E-state index in [0.29, 0.717) is 17.7 Å². The normalized spacial score (nSPS) is 34.1. The van der Waals surface area contributed by atoms with E-state index in [0.717, 1.165) is 49.9 Å². The number of fused-ring (bicyclic) bond motifs is 2. The van der Waals surface area contributed by atoms with Crippen molar-refractivity contribution in [2.45, 2.75) is 45.4 Å². The van der Waals surface area contributed by atoms with Crippen molar-refractivity contribution in [2.24, 2.45) is 16.7 Å². The van der Waals surface area contributed by atoms with Crippen molar-refractivity contribution in [2.75, 3.05) is 13.1 Å². The van der Waals surface area contributed by atoms with Crippen LogP contribution in [0.1, 0.15) is 51.0 Å². The van der Waals surface area contributed by atoms with Crippen LogP contribution in [0.4, 0.5) is 4.39 Å². The fraction of sp³-hybridized carbons (Fsp3) is 0.571. The Bertz CT molecular complexity index is 692. The van der Waals surface area contributed by atoms with Crippen LogP contribution in [0.15, 0.2) is 36.4 Å². The monoisotopic (exact) mass is 327 g/mol. The lowest BCUT2D eigenvalue weighted by atomic mass is 9.68. The highest BCUT2D eigenvalue weighted by atomic mass is 19.1. The van der Waals surface area contributed by atoms with Crippen LogP contribution in [0.25, 0.3) is 0 Å². The van der Waals surface area contributed by atoms with Crippen molar-refractivity contribution < 1.29 is 9.18 Å². The Hall–Kier alpha value is -1.64. The van der Waals surface area contributed by atoms with Gasteiger partial charge in [0.15, 0.2) is 0 Å². The summed E-state index contributed by atoms with van der Waals surface area (Å²) in [6.07, 6.45) is 4.06. The highest BCUT2D eigenvalue weighted by molar-refractivity contribution is 5.88. The van der Waals surface area contributed by atoms with Crippen LogP contribution < -0.4 is 0 Å². The van der Waals surface area contributed by atoms with Crippen molar-refractivity contribution in [3.05, 3.63) is 47.8 Å². The van der Waals surface area contributed by atoms with Crippen LogP contribution in [0.5, 0.6) is 0 Å². The van der Waals surface area contributed by atoms with Crippen LogP contribution in [0.2, 0.25) is 0 Å². The minimum Gasteiger partial charge on any atom is -0.341 e. The second-order valence-electron chi connectivity index (χ2n) is 8.51. The molecule has 2 aliphatic carbocycles. The van der Waals surface area contributed by atoms with E-state index < -0.39 is 0 Å². The molecule has 1 aliphatic heterocycles. The summed E-state index contributed by atoms with van der Waals surface area (Å²) in [5.41, 5.74) is 2.07. The predicted octanol–water partition coefficient (Wildman–Crippen LogP) is 4.52. The zero-order valence-electron chi connectivity index (χ0n) is 14.6. The predicted molar refractivity (Wildman–Crippen MR) is 93.0 cm³/mol. The molecule has 3 heteroatoms. The summed E-state index contributed by atoms with van der Waals surface area (Å²) in [6.45, 7) is 10.4. The average molecular weight is 327 g/mol. The van der Waals surface area contributed by atoms with Gasteiger partial charge >= 0.3 is 0 Å². The molecule has 0 radical (unpaired) electrons. The molecule has 3 atom stereocenters. The third kappa shape index (κ3) is 2.09. The van der Waals surface area contributed by atoms with Gasteiger partial charge in [-0.15, -0.1) is 0 Å². The number of amides is 1. The Kier molecular flexibility index (Phi) is 3.42. The molecule has 0 unspecified atom stereocenters. The molecular weight excluding hydrogens is 301 g/mol. The SMILES string of the molecule is C=C1C(C)(C)[C@H]2CC[C@@]1(C(=O)N1CC[C@@H](c3ccc(F)cc3)C1)C2. The van der Waals surface area contributed by atoms with Gasteiger partial charge in [-0.2, -0.15) is 0 Å². The molecule has 2 nitrogen and oxygen atoms in total. The maximum absolute atomic E-state index is 13.4. The van der Waals surface area contributed by atoms with Crippen molar-refractivity contribution in [3.63, 3.8) is 0 Å². The lowest BCUT2D eigenvalue weighted by molar-refractivity contribution is -0.138. The Morgan fingerprint density at radius 3 is 2.58 bits per heavy atom. The van der Waals surface area contributed by atoms with Crippen molar-refractivity contribution in [1.82, 2.24) is 4.90 Å². The van der Waals surface area contributed by atoms with E-state index in [1.165, 1.54) is 12.1 Å². The van der Waals surface area contributed by atoms with E-state index in [9.17, 15) is 9.18 Å². The van der Waals surface area contributed by atoms with Crippen LogP contribution >= 0.6 is 0 Å². The molecule has 0 aromatic heterocycles. The molecular formula is C21H26FNO. The van der Waals surface area contributed by atoms with Gasteiger partial charge in [-0.25, -0.2) is 4.39 Å². The van der Waals surface area contributed by atoms with Crippen LogP contribution in [0.3, 0.4) is 0 Å². The van der Waals surface area contributed by atoms with Crippen LogP contribution in [-0.4, -0.2) is 23.9 Å². The van der Waals surface area contributed by atoms with E-state index in [2.05, 4.69) is 20.4 Å². The maximum Gasteiger partial charge on any atom is 0.232 e. The first-order chi connectivity index (χ1) is 11.3. The second kappa shape index (κ2) is 5.18. The number of halogens is 1. The lowest BCUT2D eigenvalue weighted by Gasteiger charge is -2.39. The molecule has 1 saturated heterocycles. The van der Waals surface area contributed by atoms with Gasteiger partial charge in [-0.1, -0.05) is 38.1 Å². The summed E-state index contributed by atoms with van der Waals surface area (Å²) in [5.74, 6) is 1.02. The first-order valence-corrected chi connectivity index (χ1v) is 9.09. The summed E-state index contributed by atoms with van der Waals surface area (Å²) >= 11 is 0. The van der Waals surface area contributed by atoms with E-state index in [4.69, 9.17) is 0 Å². The third-order valence-corrected chi connectivity index (χ3v) is 7.12. The molecule has 3 aliphatic rings. The highest BCUT2D eigenvalue weighted by Crippen LogP contribution is 2.66. The first-order valence-electron chi connectivity index (χ1n) is 9.09. The van der Waals surface area contributed by atoms with E-state index in [1.807, 2.05) is 17.0 Å². The largest absolute Gasteiger partial charge is 0.341 e. The molecule has 128 valence electrons. The first kappa shape index (κ1) is 15.9. The van der Waals surface area contributed by atoms with Gasteiger partial charge in [0.1, 0.15) is 5.82 Å². The number of rotatable bonds is 2.